The number of carbonyl (C=O) groups is 1. The molecule has 0 saturated carbocycles. The van der Waals surface area contributed by atoms with Crippen LogP contribution in [0.4, 0.5) is 10.1 Å². The summed E-state index contributed by atoms with van der Waals surface area (Å²) in [4.78, 5) is 17.1. The van der Waals surface area contributed by atoms with Crippen LogP contribution in [0.25, 0.3) is 0 Å². The van der Waals surface area contributed by atoms with Gasteiger partial charge in [-0.3, -0.25) is 9.69 Å². The molecule has 0 aromatic heterocycles. The van der Waals surface area contributed by atoms with Crippen molar-refractivity contribution in [2.24, 2.45) is 0 Å². The number of nitrogens with zero attached hydrogens (tertiary/aromatic N) is 3. The number of Topliss-reactive ketones (excluding diaryl/α,β-unsaturated/α-hetero) is 1. The summed E-state index contributed by atoms with van der Waals surface area (Å²) in [7, 11) is -2.30. The van der Waals surface area contributed by atoms with Gasteiger partial charge in [0, 0.05) is 51.6 Å². The summed E-state index contributed by atoms with van der Waals surface area (Å²) < 4.78 is 55.7. The van der Waals surface area contributed by atoms with Gasteiger partial charge in [0.2, 0.25) is 10.0 Å². The molecule has 2 aliphatic heterocycles. The smallest absolute Gasteiger partial charge is 0.244 e. The molecule has 2 aromatic carbocycles. The van der Waals surface area contributed by atoms with Crippen LogP contribution in [0.3, 0.4) is 0 Å². The predicted octanol–water partition coefficient (Wildman–Crippen LogP) is 4.44. The molecule has 0 N–H and O–H groups in total. The quantitative estimate of drug-likeness (QED) is 0.295. The molecular formula is C30H44FN3O6S. The summed E-state index contributed by atoms with van der Waals surface area (Å²) in [5.74, 6) is -0.186. The van der Waals surface area contributed by atoms with Crippen LogP contribution in [-0.4, -0.2) is 95.8 Å². The fourth-order valence-corrected chi connectivity index (χ4v) is 6.36. The summed E-state index contributed by atoms with van der Waals surface area (Å²) in [6.45, 7) is 17.5. The highest BCUT2D eigenvalue weighted by Crippen LogP contribution is 2.32. The highest BCUT2D eigenvalue weighted by atomic mass is 32.2. The number of hydrogen-bond donors (Lipinski definition) is 0. The van der Waals surface area contributed by atoms with E-state index in [-0.39, 0.29) is 34.9 Å². The minimum Gasteiger partial charge on any atom is -0.496 e. The van der Waals surface area contributed by atoms with Crippen LogP contribution >= 0.6 is 0 Å². The maximum Gasteiger partial charge on any atom is 0.244 e. The molecule has 0 spiro atoms. The molecule has 1 saturated heterocycles. The van der Waals surface area contributed by atoms with Gasteiger partial charge in [-0.2, -0.15) is 4.31 Å². The number of fused-ring (bicyclic) bond motifs is 1. The zero-order valence-electron chi connectivity index (χ0n) is 24.7. The fourth-order valence-electron chi connectivity index (χ4n) is 4.70. The molecule has 0 bridgehead atoms. The van der Waals surface area contributed by atoms with Crippen molar-refractivity contribution >= 4 is 21.5 Å². The lowest BCUT2D eigenvalue weighted by atomic mass is 10.1. The van der Waals surface area contributed by atoms with E-state index in [1.807, 2.05) is 20.8 Å². The molecule has 2 aliphatic rings. The van der Waals surface area contributed by atoms with Crippen LogP contribution < -0.4 is 9.64 Å². The van der Waals surface area contributed by atoms with Crippen LogP contribution in [0.5, 0.6) is 5.75 Å². The normalized spacial score (nSPS) is 16.7. The van der Waals surface area contributed by atoms with Crippen LogP contribution in [0.1, 0.15) is 37.6 Å². The third kappa shape index (κ3) is 9.61. The van der Waals surface area contributed by atoms with Gasteiger partial charge in [-0.15, -0.1) is 13.2 Å². The zero-order chi connectivity index (χ0) is 30.4. The number of hydrogen-bond acceptors (Lipinski definition) is 8. The molecular weight excluding hydrogens is 549 g/mol. The Balaban J connectivity index is 0.000000509. The molecule has 0 unspecified atom stereocenters. The van der Waals surface area contributed by atoms with Crippen molar-refractivity contribution in [2.75, 3.05) is 71.0 Å². The van der Waals surface area contributed by atoms with E-state index in [1.54, 1.807) is 24.3 Å². The number of benzene rings is 2. The Morgan fingerprint density at radius 2 is 1.56 bits per heavy atom. The number of sulfonamides is 1. The maximum atomic E-state index is 13.1. The first kappa shape index (κ1) is 34.4. The second-order valence-electron chi connectivity index (χ2n) is 9.23. The molecule has 228 valence electrons. The van der Waals surface area contributed by atoms with Crippen molar-refractivity contribution in [1.82, 2.24) is 9.21 Å². The van der Waals surface area contributed by atoms with E-state index in [0.717, 1.165) is 51.6 Å². The van der Waals surface area contributed by atoms with Gasteiger partial charge in [-0.1, -0.05) is 6.07 Å². The molecule has 11 heteroatoms. The van der Waals surface area contributed by atoms with Crippen molar-refractivity contribution in [3.63, 3.8) is 0 Å². The topological polar surface area (TPSA) is 88.6 Å². The van der Waals surface area contributed by atoms with E-state index in [4.69, 9.17) is 14.2 Å². The molecule has 9 nitrogen and oxygen atoms in total. The number of methoxy groups -OCH3 is 1. The number of ketones is 1. The third-order valence-corrected chi connectivity index (χ3v) is 8.56. The van der Waals surface area contributed by atoms with E-state index in [2.05, 4.69) is 23.0 Å². The van der Waals surface area contributed by atoms with Gasteiger partial charge in [0.25, 0.3) is 0 Å². The molecule has 2 aromatic rings. The largest absolute Gasteiger partial charge is 0.496 e. The van der Waals surface area contributed by atoms with Gasteiger partial charge in [-0.25, -0.2) is 12.8 Å². The van der Waals surface area contributed by atoms with E-state index < -0.39 is 10.0 Å². The number of rotatable bonds is 10. The summed E-state index contributed by atoms with van der Waals surface area (Å²) in [5, 5.41) is 0. The number of carbonyl (C=O) groups excluding carboxylic acids is 1. The third-order valence-electron chi connectivity index (χ3n) is 6.67. The summed E-state index contributed by atoms with van der Waals surface area (Å²) >= 11 is 0. The standard InChI is InChI=1S/C22H26FN3O4S.C6H14O2.C2H4/c1-30-20-4-2-5-21-22(20)19(27)16-26(31(21,28)29)11-3-10-24-12-14-25(15-13-24)18-8-6-17(23)7-9-18;1-4-7-6(3)8-5-2;1-2/h2,4-9H,3,10-16H2,1H3;6H,4-5H2,1-3H3;1-2H2. The average molecular weight is 594 g/mol. The van der Waals surface area contributed by atoms with Gasteiger partial charge in [-0.05, 0) is 70.1 Å². The van der Waals surface area contributed by atoms with Crippen LogP contribution in [0.2, 0.25) is 0 Å². The van der Waals surface area contributed by atoms with Crippen LogP contribution in [0.15, 0.2) is 60.5 Å². The average Bonchev–Trinajstić information content (AvgIpc) is 2.98. The number of ether oxygens (including phenoxy) is 3. The Morgan fingerprint density at radius 3 is 2.12 bits per heavy atom. The molecule has 41 heavy (non-hydrogen) atoms. The second-order valence-corrected chi connectivity index (χ2v) is 11.1. The van der Waals surface area contributed by atoms with Gasteiger partial charge >= 0.3 is 0 Å². The minimum absolute atomic E-state index is 0.0241. The molecule has 0 aliphatic carbocycles. The van der Waals surface area contributed by atoms with Gasteiger partial charge in [0.1, 0.15) is 11.6 Å². The summed E-state index contributed by atoms with van der Waals surface area (Å²) in [6.07, 6.45) is 0.604. The first-order valence-electron chi connectivity index (χ1n) is 13.9. The Bertz CT molecular complexity index is 1180. The van der Waals surface area contributed by atoms with E-state index in [9.17, 15) is 17.6 Å². The highest BCUT2D eigenvalue weighted by Gasteiger charge is 2.37. The Hall–Kier alpha value is -2.83. The lowest BCUT2D eigenvalue weighted by molar-refractivity contribution is -0.123. The molecule has 0 amide bonds. The summed E-state index contributed by atoms with van der Waals surface area (Å²) in [6, 6.07) is 11.2. The van der Waals surface area contributed by atoms with Crippen molar-refractivity contribution in [1.29, 1.82) is 0 Å². The lowest BCUT2D eigenvalue weighted by Gasteiger charge is -2.36. The highest BCUT2D eigenvalue weighted by molar-refractivity contribution is 7.89. The van der Waals surface area contributed by atoms with Gasteiger partial charge < -0.3 is 19.1 Å². The van der Waals surface area contributed by atoms with Gasteiger partial charge in [0.15, 0.2) is 12.1 Å². The van der Waals surface area contributed by atoms with E-state index in [1.165, 1.54) is 29.6 Å². The second kappa shape index (κ2) is 17.2. The maximum absolute atomic E-state index is 13.1. The van der Waals surface area contributed by atoms with Crippen molar-refractivity contribution < 1.29 is 31.8 Å². The minimum atomic E-state index is -3.72. The molecule has 2 heterocycles. The summed E-state index contributed by atoms with van der Waals surface area (Å²) in [5.41, 5.74) is 1.16. The Labute approximate surface area is 244 Å². The first-order chi connectivity index (χ1) is 19.7. The first-order valence-corrected chi connectivity index (χ1v) is 15.3. The molecule has 0 atom stereocenters. The number of piperazine rings is 1. The monoisotopic (exact) mass is 593 g/mol. The lowest BCUT2D eigenvalue weighted by Crippen LogP contribution is -2.47. The molecule has 4 rings (SSSR count). The number of halogens is 1. The Morgan fingerprint density at radius 1 is 0.951 bits per heavy atom. The van der Waals surface area contributed by atoms with Crippen LogP contribution in [-0.2, 0) is 19.5 Å². The van der Waals surface area contributed by atoms with E-state index >= 15 is 0 Å². The van der Waals surface area contributed by atoms with Crippen molar-refractivity contribution in [3.05, 3.63) is 67.0 Å². The molecule has 1 fully saturated rings. The predicted molar refractivity (Wildman–Crippen MR) is 160 cm³/mol. The number of anilines is 1. The van der Waals surface area contributed by atoms with Crippen molar-refractivity contribution in [2.45, 2.75) is 38.4 Å². The van der Waals surface area contributed by atoms with E-state index in [0.29, 0.717) is 18.7 Å². The molecule has 0 radical (unpaired) electrons. The fraction of sp³-hybridized carbons (Fsp3) is 0.500. The Kier molecular flexibility index (Phi) is 14.4. The zero-order valence-corrected chi connectivity index (χ0v) is 25.5. The van der Waals surface area contributed by atoms with Crippen LogP contribution in [0, 0.1) is 5.82 Å². The SMILES string of the molecule is C=C.CCOC(C)OCC.COc1cccc2c1C(=O)CN(CCCN1CCN(c3ccc(F)cc3)CC1)S2(=O)=O. The van der Waals surface area contributed by atoms with Crippen molar-refractivity contribution in [3.8, 4) is 5.75 Å². The van der Waals surface area contributed by atoms with Gasteiger partial charge in [0.05, 0.1) is 24.1 Å².